The normalized spacial score (nSPS) is 19.3. The van der Waals surface area contributed by atoms with Gasteiger partial charge >= 0.3 is 0 Å². The minimum absolute atomic E-state index is 0.128. The lowest BCUT2D eigenvalue weighted by Crippen LogP contribution is -2.44. The lowest BCUT2D eigenvalue weighted by molar-refractivity contribution is 0.102. The van der Waals surface area contributed by atoms with Crippen LogP contribution >= 0.6 is 0 Å². The Hall–Kier alpha value is -4.06. The van der Waals surface area contributed by atoms with Crippen LogP contribution in [0.15, 0.2) is 55.0 Å². The first kappa shape index (κ1) is 30.9. The number of carbonyl (C=O) groups excluding carboxylic acids is 1. The van der Waals surface area contributed by atoms with E-state index in [4.69, 9.17) is 9.72 Å². The molecule has 4 heterocycles. The number of pyridine rings is 2. The SMILES string of the molecule is COc1ccncc1-c1cc(C(=O)Nc2nc3ccc(N4CCC(NCCN(C)C)CC4)cc3n2[C@H]2CC[C@@H](O)CC2)ccn1. The fourth-order valence-corrected chi connectivity index (χ4v) is 6.53. The van der Waals surface area contributed by atoms with E-state index in [2.05, 4.69) is 67.3 Å². The number of piperidine rings is 1. The summed E-state index contributed by atoms with van der Waals surface area (Å²) in [5, 5.41) is 17.1. The van der Waals surface area contributed by atoms with Crippen molar-refractivity contribution < 1.29 is 14.6 Å². The van der Waals surface area contributed by atoms with E-state index in [9.17, 15) is 9.90 Å². The Kier molecular flexibility index (Phi) is 9.58. The molecule has 4 aromatic rings. The highest BCUT2D eigenvalue weighted by Crippen LogP contribution is 2.36. The Morgan fingerprint density at radius 2 is 1.84 bits per heavy atom. The average Bonchev–Trinajstić information content (AvgIpc) is 3.42. The Balaban J connectivity index is 1.25. The molecular formula is C34H44N8O3. The van der Waals surface area contributed by atoms with Crippen LogP contribution in [0.4, 0.5) is 11.6 Å². The van der Waals surface area contributed by atoms with Crippen molar-refractivity contribution in [2.45, 2.75) is 56.7 Å². The standard InChI is InChI=1S/C34H44N8O3/c1-40(2)19-16-36-24-12-17-41(18-13-24)26-6-9-29-31(21-26)42(25-4-7-27(43)8-5-25)34(38-29)39-33(44)23-10-15-37-30(20-23)28-22-35-14-11-32(28)45-3/h6,9-11,14-15,20-22,24-25,27,36,43H,4-5,7-8,12-13,16-19H2,1-3H3,(H,38,39,44)/t25-,27+. The molecule has 3 N–H and O–H groups in total. The summed E-state index contributed by atoms with van der Waals surface area (Å²) in [6.07, 6.45) is 9.99. The van der Waals surface area contributed by atoms with Gasteiger partial charge in [0.2, 0.25) is 5.95 Å². The number of benzene rings is 1. The highest BCUT2D eigenvalue weighted by molar-refractivity contribution is 6.04. The van der Waals surface area contributed by atoms with Crippen molar-refractivity contribution >= 4 is 28.6 Å². The summed E-state index contributed by atoms with van der Waals surface area (Å²) >= 11 is 0. The molecule has 2 fully saturated rings. The monoisotopic (exact) mass is 612 g/mol. The molecule has 0 unspecified atom stereocenters. The van der Waals surface area contributed by atoms with Crippen LogP contribution in [0.25, 0.3) is 22.3 Å². The predicted octanol–water partition coefficient (Wildman–Crippen LogP) is 4.35. The summed E-state index contributed by atoms with van der Waals surface area (Å²) in [5.41, 5.74) is 4.80. The third-order valence-corrected chi connectivity index (χ3v) is 9.08. The maximum absolute atomic E-state index is 13.7. The van der Waals surface area contributed by atoms with Crippen LogP contribution in [0.5, 0.6) is 5.75 Å². The molecule has 0 atom stereocenters. The number of hydrogen-bond acceptors (Lipinski definition) is 9. The van der Waals surface area contributed by atoms with E-state index >= 15 is 0 Å². The van der Waals surface area contributed by atoms with Crippen molar-refractivity contribution in [1.29, 1.82) is 0 Å². The number of ether oxygens (including phenoxy) is 1. The molecule has 0 bridgehead atoms. The van der Waals surface area contributed by atoms with Crippen molar-refractivity contribution in [3.05, 3.63) is 60.6 Å². The van der Waals surface area contributed by atoms with E-state index in [0.717, 1.165) is 75.7 Å². The molecule has 0 spiro atoms. The molecular weight excluding hydrogens is 568 g/mol. The van der Waals surface area contributed by atoms with Crippen molar-refractivity contribution in [3.63, 3.8) is 0 Å². The van der Waals surface area contributed by atoms with Crippen LogP contribution in [0.3, 0.4) is 0 Å². The highest BCUT2D eigenvalue weighted by atomic mass is 16.5. The molecule has 11 nitrogen and oxygen atoms in total. The number of aliphatic hydroxyl groups is 1. The molecule has 1 aliphatic carbocycles. The third-order valence-electron chi connectivity index (χ3n) is 9.08. The minimum Gasteiger partial charge on any atom is -0.496 e. The zero-order chi connectivity index (χ0) is 31.3. The molecule has 6 rings (SSSR count). The second-order valence-corrected chi connectivity index (χ2v) is 12.4. The van der Waals surface area contributed by atoms with Crippen molar-refractivity contribution in [2.75, 3.05) is 57.6 Å². The van der Waals surface area contributed by atoms with Crippen LogP contribution in [-0.2, 0) is 0 Å². The summed E-state index contributed by atoms with van der Waals surface area (Å²) in [7, 11) is 5.81. The van der Waals surface area contributed by atoms with E-state index in [1.165, 1.54) is 5.69 Å². The largest absolute Gasteiger partial charge is 0.496 e. The maximum atomic E-state index is 13.7. The minimum atomic E-state index is -0.281. The first-order valence-corrected chi connectivity index (χ1v) is 16.0. The Morgan fingerprint density at radius 3 is 2.60 bits per heavy atom. The topological polar surface area (TPSA) is 121 Å². The molecule has 1 aliphatic heterocycles. The number of hydrogen-bond donors (Lipinski definition) is 3. The van der Waals surface area contributed by atoms with Gasteiger partial charge < -0.3 is 29.5 Å². The number of rotatable bonds is 10. The number of likely N-dealkylation sites (N-methyl/N-ethyl adjacent to an activating group) is 1. The number of nitrogens with one attached hydrogen (secondary N) is 2. The van der Waals surface area contributed by atoms with E-state index in [-0.39, 0.29) is 18.1 Å². The van der Waals surface area contributed by atoms with Gasteiger partial charge in [-0.25, -0.2) is 4.98 Å². The number of nitrogens with zero attached hydrogens (tertiary/aromatic N) is 6. The van der Waals surface area contributed by atoms with Gasteiger partial charge in [0, 0.05) is 68.1 Å². The van der Waals surface area contributed by atoms with Gasteiger partial charge in [0.05, 0.1) is 35.5 Å². The Bertz CT molecular complexity index is 1610. The lowest BCUT2D eigenvalue weighted by atomic mass is 9.93. The number of fused-ring (bicyclic) bond motifs is 1. The second-order valence-electron chi connectivity index (χ2n) is 12.4. The zero-order valence-electron chi connectivity index (χ0n) is 26.4. The Labute approximate surface area is 264 Å². The first-order chi connectivity index (χ1) is 21.9. The van der Waals surface area contributed by atoms with Crippen LogP contribution in [0, 0.1) is 0 Å². The van der Waals surface area contributed by atoms with Gasteiger partial charge in [-0.2, -0.15) is 0 Å². The van der Waals surface area contributed by atoms with Gasteiger partial charge in [-0.15, -0.1) is 0 Å². The zero-order valence-corrected chi connectivity index (χ0v) is 26.4. The summed E-state index contributed by atoms with van der Waals surface area (Å²) in [5.74, 6) is 0.893. The van der Waals surface area contributed by atoms with E-state index in [1.54, 1.807) is 43.9 Å². The number of imidazole rings is 1. The molecule has 1 saturated carbocycles. The molecule has 1 amide bonds. The number of methoxy groups -OCH3 is 1. The molecule has 0 radical (unpaired) electrons. The smallest absolute Gasteiger partial charge is 0.258 e. The van der Waals surface area contributed by atoms with Gasteiger partial charge in [0.1, 0.15) is 5.75 Å². The lowest BCUT2D eigenvalue weighted by Gasteiger charge is -2.34. The van der Waals surface area contributed by atoms with Gasteiger partial charge in [-0.1, -0.05) is 0 Å². The number of amides is 1. The molecule has 2 aliphatic rings. The van der Waals surface area contributed by atoms with Gasteiger partial charge in [0.25, 0.3) is 5.91 Å². The van der Waals surface area contributed by atoms with E-state index in [1.807, 2.05) is 0 Å². The fraction of sp³-hybridized carbons (Fsp3) is 0.471. The van der Waals surface area contributed by atoms with Crippen molar-refractivity contribution in [1.82, 2.24) is 29.7 Å². The van der Waals surface area contributed by atoms with Gasteiger partial charge in [0.15, 0.2) is 0 Å². The number of aromatic nitrogens is 4. The molecule has 1 aromatic carbocycles. The van der Waals surface area contributed by atoms with Gasteiger partial charge in [-0.3, -0.25) is 20.1 Å². The molecule has 45 heavy (non-hydrogen) atoms. The first-order valence-electron chi connectivity index (χ1n) is 16.0. The molecule has 11 heteroatoms. The van der Waals surface area contributed by atoms with Gasteiger partial charge in [-0.05, 0) is 89.0 Å². The summed E-state index contributed by atoms with van der Waals surface area (Å²) < 4.78 is 7.67. The van der Waals surface area contributed by atoms with Crippen molar-refractivity contribution in [2.24, 2.45) is 0 Å². The summed E-state index contributed by atoms with van der Waals surface area (Å²) in [4.78, 5) is 31.9. The average molecular weight is 613 g/mol. The predicted molar refractivity (Wildman–Crippen MR) is 177 cm³/mol. The fourth-order valence-electron chi connectivity index (χ4n) is 6.53. The van der Waals surface area contributed by atoms with Crippen LogP contribution in [0.1, 0.15) is 54.9 Å². The maximum Gasteiger partial charge on any atom is 0.258 e. The van der Waals surface area contributed by atoms with Crippen molar-refractivity contribution in [3.8, 4) is 17.0 Å². The third kappa shape index (κ3) is 7.11. The summed E-state index contributed by atoms with van der Waals surface area (Å²) in [6, 6.07) is 12.3. The Morgan fingerprint density at radius 1 is 1.04 bits per heavy atom. The van der Waals surface area contributed by atoms with Crippen LogP contribution in [0.2, 0.25) is 0 Å². The number of carbonyl (C=O) groups is 1. The van der Waals surface area contributed by atoms with Crippen LogP contribution < -0.4 is 20.3 Å². The number of anilines is 2. The molecule has 238 valence electrons. The number of aliphatic hydroxyl groups excluding tert-OH is 1. The highest BCUT2D eigenvalue weighted by Gasteiger charge is 2.27. The summed E-state index contributed by atoms with van der Waals surface area (Å²) in [6.45, 7) is 4.03. The van der Waals surface area contributed by atoms with E-state index in [0.29, 0.717) is 34.6 Å². The molecule has 3 aromatic heterocycles. The van der Waals surface area contributed by atoms with Crippen LogP contribution in [-0.4, -0.2) is 95.0 Å². The van der Waals surface area contributed by atoms with E-state index < -0.39 is 0 Å². The molecule has 1 saturated heterocycles. The quantitative estimate of drug-likeness (QED) is 0.240. The second kappa shape index (κ2) is 13.9.